The largest absolute Gasteiger partial charge is 0.495 e. The summed E-state index contributed by atoms with van der Waals surface area (Å²) in [5, 5.41) is 6.16. The minimum atomic E-state index is -0.236. The quantitative estimate of drug-likeness (QED) is 0.178. The molecule has 0 aliphatic carbocycles. The summed E-state index contributed by atoms with van der Waals surface area (Å²) in [5.41, 5.74) is 3.51. The first kappa shape index (κ1) is 25.1. The Morgan fingerprint density at radius 2 is 1.19 bits per heavy atom. The van der Waals surface area contributed by atoms with Crippen molar-refractivity contribution < 1.29 is 27.9 Å². The van der Waals surface area contributed by atoms with Gasteiger partial charge < -0.3 is 28.9 Å². The zero-order valence-electron chi connectivity index (χ0n) is 20.4. The third-order valence-electron chi connectivity index (χ3n) is 5.42. The number of ether oxygens (including phenoxy) is 2. The molecule has 0 amide bonds. The molecule has 0 bridgehead atoms. The van der Waals surface area contributed by atoms with Crippen LogP contribution in [0.5, 0.6) is 11.5 Å². The lowest BCUT2D eigenvalue weighted by molar-refractivity contribution is 0.101. The van der Waals surface area contributed by atoms with Gasteiger partial charge in [-0.1, -0.05) is 12.1 Å². The Kier molecular flexibility index (Phi) is 8.23. The van der Waals surface area contributed by atoms with Gasteiger partial charge in [-0.05, 0) is 66.1 Å². The average molecular weight is 499 g/mol. The van der Waals surface area contributed by atoms with Gasteiger partial charge in [0.1, 0.15) is 11.5 Å². The predicted molar refractivity (Wildman–Crippen MR) is 140 cm³/mol. The number of furan rings is 2. The summed E-state index contributed by atoms with van der Waals surface area (Å²) in [7, 11) is 3.19. The van der Waals surface area contributed by atoms with Gasteiger partial charge in [-0.25, -0.2) is 0 Å². The SMILES string of the molecule is COc1cc(Cc2ccc(NC=CC(=O)c3ccco3)c(OC)c2)ccc1NC=CC(=O)c1ccco1. The lowest BCUT2D eigenvalue weighted by Crippen LogP contribution is -1.99. The van der Waals surface area contributed by atoms with E-state index in [4.69, 9.17) is 18.3 Å². The monoisotopic (exact) mass is 498 g/mol. The van der Waals surface area contributed by atoms with Crippen molar-refractivity contribution in [2.24, 2.45) is 0 Å². The number of nitrogens with one attached hydrogen (secondary N) is 2. The molecule has 0 spiro atoms. The van der Waals surface area contributed by atoms with Crippen LogP contribution in [0.3, 0.4) is 0 Å². The van der Waals surface area contributed by atoms with E-state index in [0.29, 0.717) is 17.9 Å². The molecule has 0 aliphatic rings. The van der Waals surface area contributed by atoms with Gasteiger partial charge in [-0.2, -0.15) is 0 Å². The van der Waals surface area contributed by atoms with Crippen LogP contribution in [-0.2, 0) is 6.42 Å². The molecule has 8 nitrogen and oxygen atoms in total. The molecule has 0 fully saturated rings. The van der Waals surface area contributed by atoms with Gasteiger partial charge in [0.2, 0.25) is 11.6 Å². The first-order valence-corrected chi connectivity index (χ1v) is 11.4. The highest BCUT2D eigenvalue weighted by Crippen LogP contribution is 2.30. The molecule has 0 saturated carbocycles. The van der Waals surface area contributed by atoms with Crippen LogP contribution in [0.4, 0.5) is 11.4 Å². The molecule has 0 radical (unpaired) electrons. The second-order valence-electron chi connectivity index (χ2n) is 7.88. The molecular weight excluding hydrogens is 472 g/mol. The lowest BCUT2D eigenvalue weighted by atomic mass is 10.0. The van der Waals surface area contributed by atoms with Crippen LogP contribution in [0.25, 0.3) is 0 Å². The van der Waals surface area contributed by atoms with Crippen LogP contribution in [0.2, 0.25) is 0 Å². The van der Waals surface area contributed by atoms with E-state index in [1.807, 2.05) is 36.4 Å². The van der Waals surface area contributed by atoms with E-state index in [9.17, 15) is 9.59 Å². The third kappa shape index (κ3) is 6.58. The highest BCUT2D eigenvalue weighted by molar-refractivity contribution is 6.03. The molecular formula is C29H26N2O6. The van der Waals surface area contributed by atoms with Crippen LogP contribution in [0.1, 0.15) is 32.2 Å². The minimum Gasteiger partial charge on any atom is -0.495 e. The van der Waals surface area contributed by atoms with E-state index in [1.165, 1.54) is 24.7 Å². The van der Waals surface area contributed by atoms with Crippen molar-refractivity contribution in [2.75, 3.05) is 24.9 Å². The second-order valence-corrected chi connectivity index (χ2v) is 7.88. The van der Waals surface area contributed by atoms with E-state index >= 15 is 0 Å². The van der Waals surface area contributed by atoms with Gasteiger partial charge >= 0.3 is 0 Å². The molecule has 2 heterocycles. The van der Waals surface area contributed by atoms with Crippen molar-refractivity contribution in [1.29, 1.82) is 0 Å². The molecule has 2 aromatic carbocycles. The van der Waals surface area contributed by atoms with E-state index in [0.717, 1.165) is 22.5 Å². The molecule has 4 rings (SSSR count). The topological polar surface area (TPSA) is 103 Å². The van der Waals surface area contributed by atoms with Crippen LogP contribution in [-0.4, -0.2) is 25.8 Å². The number of carbonyl (C=O) groups is 2. The fourth-order valence-electron chi connectivity index (χ4n) is 3.58. The number of rotatable bonds is 12. The Balaban J connectivity index is 1.40. The van der Waals surface area contributed by atoms with E-state index in [1.54, 1.807) is 50.9 Å². The summed E-state index contributed by atoms with van der Waals surface area (Å²) >= 11 is 0. The number of carbonyl (C=O) groups excluding carboxylic acids is 2. The maximum atomic E-state index is 12.0. The maximum Gasteiger partial charge on any atom is 0.222 e. The number of ketones is 2. The number of allylic oxidation sites excluding steroid dienone is 2. The lowest BCUT2D eigenvalue weighted by Gasteiger charge is -2.13. The highest BCUT2D eigenvalue weighted by atomic mass is 16.5. The van der Waals surface area contributed by atoms with Crippen molar-refractivity contribution >= 4 is 22.9 Å². The zero-order valence-corrected chi connectivity index (χ0v) is 20.4. The molecule has 4 aromatic rings. The maximum absolute atomic E-state index is 12.0. The number of anilines is 2. The molecule has 0 aliphatic heterocycles. The number of hydrogen-bond donors (Lipinski definition) is 2. The van der Waals surface area contributed by atoms with E-state index in [-0.39, 0.29) is 23.1 Å². The molecule has 2 N–H and O–H groups in total. The van der Waals surface area contributed by atoms with Crippen molar-refractivity contribution in [2.45, 2.75) is 6.42 Å². The predicted octanol–water partition coefficient (Wildman–Crippen LogP) is 6.10. The standard InChI is InChI=1S/C29H26N2O6/c1-34-28-18-20(7-9-22(28)30-13-11-24(32)26-5-3-15-36-26)17-21-8-10-23(29(19-21)35-2)31-14-12-25(33)27-6-4-16-37-27/h3-16,18-19,30-31H,17H2,1-2H3. The molecule has 0 saturated heterocycles. The Morgan fingerprint density at radius 1 is 0.730 bits per heavy atom. The number of benzene rings is 2. The fourth-order valence-corrected chi connectivity index (χ4v) is 3.58. The summed E-state index contributed by atoms with van der Waals surface area (Å²) in [5.74, 6) is 1.36. The van der Waals surface area contributed by atoms with Crippen molar-refractivity contribution in [1.82, 2.24) is 0 Å². The van der Waals surface area contributed by atoms with Crippen molar-refractivity contribution in [3.05, 3.63) is 120 Å². The Hall–Kier alpha value is -4.98. The Morgan fingerprint density at radius 3 is 1.57 bits per heavy atom. The summed E-state index contributed by atoms with van der Waals surface area (Å²) in [6.07, 6.45) is 9.46. The molecule has 37 heavy (non-hydrogen) atoms. The normalized spacial score (nSPS) is 11.1. The van der Waals surface area contributed by atoms with Crippen molar-refractivity contribution in [3.8, 4) is 11.5 Å². The van der Waals surface area contributed by atoms with Gasteiger partial charge in [-0.15, -0.1) is 0 Å². The van der Waals surface area contributed by atoms with Crippen LogP contribution in [0.15, 0.2) is 107 Å². The first-order chi connectivity index (χ1) is 18.1. The molecule has 2 aromatic heterocycles. The average Bonchev–Trinajstić information content (AvgIpc) is 3.65. The van der Waals surface area contributed by atoms with Crippen LogP contribution < -0.4 is 20.1 Å². The Bertz CT molecular complexity index is 1290. The van der Waals surface area contributed by atoms with Gasteiger partial charge in [0.15, 0.2) is 11.5 Å². The van der Waals surface area contributed by atoms with Gasteiger partial charge in [0.05, 0.1) is 38.1 Å². The second kappa shape index (κ2) is 12.1. The molecule has 188 valence electrons. The molecule has 0 unspecified atom stereocenters. The fraction of sp³-hybridized carbons (Fsp3) is 0.103. The van der Waals surface area contributed by atoms with E-state index in [2.05, 4.69) is 10.6 Å². The molecule has 0 atom stereocenters. The Labute approximate surface area is 214 Å². The third-order valence-corrected chi connectivity index (χ3v) is 5.42. The smallest absolute Gasteiger partial charge is 0.222 e. The van der Waals surface area contributed by atoms with Gasteiger partial charge in [0.25, 0.3) is 0 Å². The van der Waals surface area contributed by atoms with Gasteiger partial charge in [0, 0.05) is 24.6 Å². The number of hydrogen-bond acceptors (Lipinski definition) is 8. The van der Waals surface area contributed by atoms with E-state index < -0.39 is 0 Å². The first-order valence-electron chi connectivity index (χ1n) is 11.4. The summed E-state index contributed by atoms with van der Waals surface area (Å²) < 4.78 is 21.3. The summed E-state index contributed by atoms with van der Waals surface area (Å²) in [4.78, 5) is 24.1. The molecule has 8 heteroatoms. The highest BCUT2D eigenvalue weighted by Gasteiger charge is 2.09. The number of methoxy groups -OCH3 is 2. The van der Waals surface area contributed by atoms with Crippen LogP contribution in [0, 0.1) is 0 Å². The van der Waals surface area contributed by atoms with Crippen LogP contribution >= 0.6 is 0 Å². The minimum absolute atomic E-state index is 0.236. The summed E-state index contributed by atoms with van der Waals surface area (Å²) in [6.45, 7) is 0. The van der Waals surface area contributed by atoms with Gasteiger partial charge in [-0.3, -0.25) is 9.59 Å². The summed E-state index contributed by atoms with van der Waals surface area (Å²) in [6, 6.07) is 18.2. The zero-order chi connectivity index (χ0) is 26.0. The van der Waals surface area contributed by atoms with Crippen molar-refractivity contribution in [3.63, 3.8) is 0 Å².